The lowest BCUT2D eigenvalue weighted by atomic mass is 10.0. The van der Waals surface area contributed by atoms with Crippen LogP contribution in [-0.2, 0) is 6.18 Å². The van der Waals surface area contributed by atoms with Gasteiger partial charge in [-0.25, -0.2) is 0 Å². The molecule has 1 saturated heterocycles. The van der Waals surface area contributed by atoms with E-state index in [2.05, 4.69) is 4.99 Å². The van der Waals surface area contributed by atoms with Crippen molar-refractivity contribution in [3.05, 3.63) is 59.7 Å². The highest BCUT2D eigenvalue weighted by Gasteiger charge is 2.48. The summed E-state index contributed by atoms with van der Waals surface area (Å²) in [6.07, 6.45) is -4.65. The van der Waals surface area contributed by atoms with E-state index >= 15 is 0 Å². The molecule has 4 nitrogen and oxygen atoms in total. The number of anilines is 2. The minimum absolute atomic E-state index is 0.212. The highest BCUT2D eigenvalue weighted by Crippen LogP contribution is 2.39. The van der Waals surface area contributed by atoms with E-state index in [0.29, 0.717) is 10.9 Å². The Bertz CT molecular complexity index is 991. The third-order valence-electron chi connectivity index (χ3n) is 4.61. The van der Waals surface area contributed by atoms with Gasteiger partial charge in [-0.1, -0.05) is 18.2 Å². The monoisotopic (exact) mass is 402 g/mol. The zero-order valence-electron chi connectivity index (χ0n) is 15.4. The second-order valence-electron chi connectivity index (χ2n) is 6.73. The van der Waals surface area contributed by atoms with Crippen molar-refractivity contribution in [3.63, 3.8) is 0 Å². The number of thiocarbonyl (C=S) groups is 1. The topological polar surface area (TPSA) is 42.6 Å². The Morgan fingerprint density at radius 3 is 2.25 bits per heavy atom. The number of halogens is 3. The molecule has 3 rings (SSSR count). The molecule has 0 amide bonds. The van der Waals surface area contributed by atoms with Gasteiger partial charge < -0.3 is 4.90 Å². The quantitative estimate of drug-likeness (QED) is 0.664. The van der Waals surface area contributed by atoms with Crippen LogP contribution < -0.4 is 9.80 Å². The number of nitrogens with zero attached hydrogens (tertiary/aromatic N) is 4. The molecule has 28 heavy (non-hydrogen) atoms. The van der Waals surface area contributed by atoms with Gasteiger partial charge >= 0.3 is 6.18 Å². The van der Waals surface area contributed by atoms with Gasteiger partial charge in [-0.05, 0) is 56.4 Å². The summed E-state index contributed by atoms with van der Waals surface area (Å²) in [6, 6.07) is 14.5. The van der Waals surface area contributed by atoms with Crippen LogP contribution in [0, 0.1) is 11.3 Å². The van der Waals surface area contributed by atoms with E-state index in [9.17, 15) is 13.2 Å². The summed E-state index contributed by atoms with van der Waals surface area (Å²) < 4.78 is 40.3. The lowest BCUT2D eigenvalue weighted by Gasteiger charge is -2.30. The van der Waals surface area contributed by atoms with E-state index in [-0.39, 0.29) is 5.69 Å². The molecule has 0 bridgehead atoms. The second kappa shape index (κ2) is 6.91. The van der Waals surface area contributed by atoms with Crippen LogP contribution >= 0.6 is 12.2 Å². The minimum atomic E-state index is -4.65. The standard InChI is InChI=1S/C20H17F3N4S/c1-19(2)17(25-3)26(18(28)27(19)14-7-5-4-6-8-14)15-10-9-13(12-24)16(11-15)20(21,22)23/h4-11H,1-3H3. The average molecular weight is 402 g/mol. The van der Waals surface area contributed by atoms with Gasteiger partial charge in [-0.3, -0.25) is 9.89 Å². The van der Waals surface area contributed by atoms with E-state index in [0.717, 1.165) is 17.8 Å². The maximum atomic E-state index is 13.4. The summed E-state index contributed by atoms with van der Waals surface area (Å²) >= 11 is 5.64. The van der Waals surface area contributed by atoms with Crippen LogP contribution in [0.3, 0.4) is 0 Å². The van der Waals surface area contributed by atoms with Crippen molar-refractivity contribution in [3.8, 4) is 6.07 Å². The van der Waals surface area contributed by atoms with Crippen molar-refractivity contribution in [2.24, 2.45) is 4.99 Å². The molecule has 1 aliphatic rings. The molecule has 8 heteroatoms. The Labute approximate surface area is 166 Å². The summed E-state index contributed by atoms with van der Waals surface area (Å²) in [6.45, 7) is 3.81. The highest BCUT2D eigenvalue weighted by molar-refractivity contribution is 7.81. The van der Waals surface area contributed by atoms with E-state index in [4.69, 9.17) is 17.5 Å². The molecule has 0 atom stereocenters. The van der Waals surface area contributed by atoms with E-state index in [1.54, 1.807) is 13.1 Å². The molecule has 0 N–H and O–H groups in total. The fourth-order valence-corrected chi connectivity index (χ4v) is 3.95. The number of benzene rings is 2. The van der Waals surface area contributed by atoms with Crippen LogP contribution in [0.2, 0.25) is 0 Å². The number of aliphatic imine (C=N–C) groups is 1. The number of para-hydroxylation sites is 1. The highest BCUT2D eigenvalue weighted by atomic mass is 32.1. The van der Waals surface area contributed by atoms with Crippen LogP contribution in [0.1, 0.15) is 25.0 Å². The van der Waals surface area contributed by atoms with Crippen molar-refractivity contribution in [1.29, 1.82) is 5.26 Å². The van der Waals surface area contributed by atoms with Crippen LogP contribution in [0.25, 0.3) is 0 Å². The first-order chi connectivity index (χ1) is 13.1. The van der Waals surface area contributed by atoms with Gasteiger partial charge in [0.25, 0.3) is 0 Å². The van der Waals surface area contributed by atoms with Crippen molar-refractivity contribution >= 4 is 34.5 Å². The van der Waals surface area contributed by atoms with Gasteiger partial charge in [0.05, 0.1) is 28.4 Å². The summed E-state index contributed by atoms with van der Waals surface area (Å²) in [5.41, 5.74) is -1.09. The van der Waals surface area contributed by atoms with Gasteiger partial charge in [0.2, 0.25) is 0 Å². The van der Waals surface area contributed by atoms with E-state index in [1.807, 2.05) is 49.1 Å². The number of hydrogen-bond donors (Lipinski definition) is 0. The molecule has 0 unspecified atom stereocenters. The number of rotatable bonds is 2. The number of alkyl halides is 3. The number of hydrogen-bond acceptors (Lipinski definition) is 3. The maximum absolute atomic E-state index is 13.4. The maximum Gasteiger partial charge on any atom is 0.417 e. The summed E-state index contributed by atoms with van der Waals surface area (Å²) in [5, 5.41) is 9.36. The SMILES string of the molecule is CN=C1N(c2ccc(C#N)c(C(F)(F)F)c2)C(=S)N(c2ccccc2)C1(C)C. The Kier molecular flexibility index (Phi) is 4.90. The van der Waals surface area contributed by atoms with Crippen molar-refractivity contribution in [2.45, 2.75) is 25.6 Å². The van der Waals surface area contributed by atoms with Crippen LogP contribution in [0.15, 0.2) is 53.5 Å². The lowest BCUT2D eigenvalue weighted by molar-refractivity contribution is -0.137. The first kappa shape index (κ1) is 19.8. The van der Waals surface area contributed by atoms with Gasteiger partial charge in [0, 0.05) is 12.7 Å². The summed E-state index contributed by atoms with van der Waals surface area (Å²) in [4.78, 5) is 7.71. The Balaban J connectivity index is 2.17. The fraction of sp³-hybridized carbons (Fsp3) is 0.250. The van der Waals surface area contributed by atoms with Crippen LogP contribution in [-0.4, -0.2) is 23.5 Å². The van der Waals surface area contributed by atoms with Crippen molar-refractivity contribution < 1.29 is 13.2 Å². The summed E-state index contributed by atoms with van der Waals surface area (Å²) in [5.74, 6) is 0.513. The molecule has 1 heterocycles. The number of amidine groups is 1. The smallest absolute Gasteiger partial charge is 0.305 e. The molecule has 0 spiro atoms. The van der Waals surface area contributed by atoms with E-state index in [1.165, 1.54) is 11.0 Å². The first-order valence-electron chi connectivity index (χ1n) is 8.41. The molecule has 0 aromatic heterocycles. The first-order valence-corrected chi connectivity index (χ1v) is 8.81. The molecule has 0 radical (unpaired) electrons. The normalized spacial score (nSPS) is 17.9. The average Bonchev–Trinajstić information content (AvgIpc) is 2.85. The van der Waals surface area contributed by atoms with Gasteiger partial charge in [0.15, 0.2) is 5.11 Å². The van der Waals surface area contributed by atoms with Gasteiger partial charge in [-0.15, -0.1) is 0 Å². The van der Waals surface area contributed by atoms with Crippen molar-refractivity contribution in [1.82, 2.24) is 0 Å². The van der Waals surface area contributed by atoms with Gasteiger partial charge in [-0.2, -0.15) is 18.4 Å². The molecule has 1 fully saturated rings. The summed E-state index contributed by atoms with van der Waals surface area (Å²) in [7, 11) is 1.58. The lowest BCUT2D eigenvalue weighted by Crippen LogP contribution is -2.44. The predicted molar refractivity (Wildman–Crippen MR) is 108 cm³/mol. The third-order valence-corrected chi connectivity index (χ3v) is 4.98. The minimum Gasteiger partial charge on any atom is -0.305 e. The molecule has 2 aromatic rings. The molecule has 2 aromatic carbocycles. The number of nitriles is 1. The molecule has 1 aliphatic heterocycles. The molecule has 0 aliphatic carbocycles. The molecular formula is C20H17F3N4S. The van der Waals surface area contributed by atoms with Crippen molar-refractivity contribution in [2.75, 3.05) is 16.8 Å². The predicted octanol–water partition coefficient (Wildman–Crippen LogP) is 5.00. The van der Waals surface area contributed by atoms with E-state index < -0.39 is 22.8 Å². The zero-order valence-corrected chi connectivity index (χ0v) is 16.3. The van der Waals surface area contributed by atoms with Gasteiger partial charge in [0.1, 0.15) is 5.84 Å². The van der Waals surface area contributed by atoms with Crippen LogP contribution in [0.4, 0.5) is 24.5 Å². The van der Waals surface area contributed by atoms with Crippen LogP contribution in [0.5, 0.6) is 0 Å². The third kappa shape index (κ3) is 3.12. The Morgan fingerprint density at radius 1 is 1.07 bits per heavy atom. The largest absolute Gasteiger partial charge is 0.417 e. The molecule has 0 saturated carbocycles. The Morgan fingerprint density at radius 2 is 1.71 bits per heavy atom. The fourth-order valence-electron chi connectivity index (χ4n) is 3.42. The molecular weight excluding hydrogens is 385 g/mol. The Hall–Kier alpha value is -2.92. The molecule has 144 valence electrons. The zero-order chi connectivity index (χ0) is 20.7. The second-order valence-corrected chi connectivity index (χ2v) is 7.10.